The van der Waals surface area contributed by atoms with Gasteiger partial charge in [0.1, 0.15) is 0 Å². The Morgan fingerprint density at radius 3 is 2.39 bits per heavy atom. The second-order valence-electron chi connectivity index (χ2n) is 4.52. The van der Waals surface area contributed by atoms with Crippen molar-refractivity contribution in [2.45, 2.75) is 44.3 Å². The molecule has 0 aromatic carbocycles. The Kier molecular flexibility index (Phi) is 5.73. The maximum absolute atomic E-state index is 12.8. The van der Waals surface area contributed by atoms with Crippen LogP contribution in [-0.4, -0.2) is 32.3 Å². The number of hydrogen-bond donors (Lipinski definition) is 1. The first-order valence-electron chi connectivity index (χ1n) is 5.89. The normalized spacial score (nSPS) is 26.2. The van der Waals surface area contributed by atoms with Crippen LogP contribution in [0.15, 0.2) is 0 Å². The third kappa shape index (κ3) is 4.93. The fraction of sp³-hybridized carbons (Fsp3) is 1.00. The second kappa shape index (κ2) is 6.43. The Bertz CT molecular complexity index is 359. The zero-order chi connectivity index (χ0) is 13.8. The summed E-state index contributed by atoms with van der Waals surface area (Å²) in [6, 6.07) is -1.03. The molecule has 1 N–H and O–H groups in total. The summed E-state index contributed by atoms with van der Waals surface area (Å²) in [5.74, 6) is -1.62. The van der Waals surface area contributed by atoms with Crippen LogP contribution in [0.5, 0.6) is 0 Å². The van der Waals surface area contributed by atoms with E-state index in [9.17, 15) is 21.6 Å². The van der Waals surface area contributed by atoms with Crippen LogP contribution in [0, 0.1) is 5.92 Å². The largest absolute Gasteiger partial charge is 0.393 e. The summed E-state index contributed by atoms with van der Waals surface area (Å²) < 4.78 is 63.7. The van der Waals surface area contributed by atoms with Gasteiger partial charge < -0.3 is 0 Å². The minimum absolute atomic E-state index is 0.00775. The number of nitrogens with one attached hydrogen (secondary N) is 1. The lowest BCUT2D eigenvalue weighted by Crippen LogP contribution is -2.48. The molecule has 0 aromatic rings. The standard InChI is InChI=1S/C10H17ClF3NO2S/c11-6-3-7-18(16,17)15-9-5-2-1-4-8(9)10(12,13)14/h8-9,15H,1-7H2. The average Bonchev–Trinajstić information content (AvgIpc) is 2.25. The van der Waals surface area contributed by atoms with Gasteiger partial charge in [-0.05, 0) is 19.3 Å². The molecule has 8 heteroatoms. The minimum Gasteiger partial charge on any atom is -0.212 e. The molecular weight excluding hydrogens is 291 g/mol. The highest BCUT2D eigenvalue weighted by Gasteiger charge is 2.46. The predicted octanol–water partition coefficient (Wildman–Crippen LogP) is 2.66. The van der Waals surface area contributed by atoms with Crippen molar-refractivity contribution in [3.63, 3.8) is 0 Å². The molecule has 18 heavy (non-hydrogen) atoms. The molecule has 2 atom stereocenters. The molecule has 0 bridgehead atoms. The molecule has 1 aliphatic carbocycles. The SMILES string of the molecule is O=S(=O)(CCCCl)NC1CCCCC1C(F)(F)F. The zero-order valence-electron chi connectivity index (χ0n) is 9.84. The van der Waals surface area contributed by atoms with Gasteiger partial charge in [0.2, 0.25) is 10.0 Å². The number of hydrogen-bond acceptors (Lipinski definition) is 2. The average molecular weight is 308 g/mol. The van der Waals surface area contributed by atoms with Gasteiger partial charge >= 0.3 is 6.18 Å². The Hall–Kier alpha value is -0.0100. The van der Waals surface area contributed by atoms with E-state index in [1.165, 1.54) is 0 Å². The van der Waals surface area contributed by atoms with Crippen molar-refractivity contribution in [2.75, 3.05) is 11.6 Å². The van der Waals surface area contributed by atoms with E-state index in [-0.39, 0.29) is 30.9 Å². The quantitative estimate of drug-likeness (QED) is 0.794. The molecule has 0 aromatic heterocycles. The Morgan fingerprint density at radius 2 is 1.83 bits per heavy atom. The summed E-state index contributed by atoms with van der Waals surface area (Å²) in [4.78, 5) is 0. The van der Waals surface area contributed by atoms with Gasteiger partial charge in [0.25, 0.3) is 0 Å². The molecule has 0 spiro atoms. The summed E-state index contributed by atoms with van der Waals surface area (Å²) in [7, 11) is -3.67. The fourth-order valence-corrected chi connectivity index (χ4v) is 3.88. The topological polar surface area (TPSA) is 46.2 Å². The fourth-order valence-electron chi connectivity index (χ4n) is 2.20. The predicted molar refractivity (Wildman–Crippen MR) is 64.1 cm³/mol. The van der Waals surface area contributed by atoms with E-state index in [1.807, 2.05) is 0 Å². The van der Waals surface area contributed by atoms with Crippen LogP contribution in [0.1, 0.15) is 32.1 Å². The summed E-state index contributed by atoms with van der Waals surface area (Å²) in [5, 5.41) is 0. The van der Waals surface area contributed by atoms with Crippen molar-refractivity contribution in [2.24, 2.45) is 5.92 Å². The molecule has 1 rings (SSSR count). The van der Waals surface area contributed by atoms with Crippen molar-refractivity contribution < 1.29 is 21.6 Å². The molecule has 1 aliphatic rings. The molecule has 1 fully saturated rings. The Balaban J connectivity index is 2.68. The van der Waals surface area contributed by atoms with Gasteiger partial charge in [0.15, 0.2) is 0 Å². The van der Waals surface area contributed by atoms with Crippen molar-refractivity contribution in [3.8, 4) is 0 Å². The van der Waals surface area contributed by atoms with Crippen LogP contribution in [-0.2, 0) is 10.0 Å². The van der Waals surface area contributed by atoms with E-state index in [2.05, 4.69) is 4.72 Å². The van der Waals surface area contributed by atoms with Gasteiger partial charge in [-0.1, -0.05) is 12.8 Å². The summed E-state index contributed by atoms with van der Waals surface area (Å²) >= 11 is 5.38. The van der Waals surface area contributed by atoms with Crippen LogP contribution in [0.3, 0.4) is 0 Å². The van der Waals surface area contributed by atoms with E-state index in [1.54, 1.807) is 0 Å². The molecule has 0 heterocycles. The molecule has 1 saturated carbocycles. The molecule has 3 nitrogen and oxygen atoms in total. The highest BCUT2D eigenvalue weighted by molar-refractivity contribution is 7.89. The number of sulfonamides is 1. The van der Waals surface area contributed by atoms with Crippen molar-refractivity contribution in [3.05, 3.63) is 0 Å². The first-order chi connectivity index (χ1) is 8.26. The molecule has 0 aliphatic heterocycles. The number of halogens is 4. The molecular formula is C10H17ClF3NO2S. The van der Waals surface area contributed by atoms with Gasteiger partial charge in [-0.2, -0.15) is 13.2 Å². The van der Waals surface area contributed by atoms with Gasteiger partial charge in [-0.25, -0.2) is 13.1 Å². The first-order valence-corrected chi connectivity index (χ1v) is 8.07. The third-order valence-corrected chi connectivity index (χ3v) is 4.82. The van der Waals surface area contributed by atoms with Gasteiger partial charge in [-0.3, -0.25) is 0 Å². The van der Waals surface area contributed by atoms with E-state index in [0.717, 1.165) is 0 Å². The van der Waals surface area contributed by atoms with Gasteiger partial charge in [0.05, 0.1) is 11.7 Å². The minimum atomic E-state index is -4.35. The monoisotopic (exact) mass is 307 g/mol. The Labute approximate surface area is 110 Å². The van der Waals surface area contributed by atoms with E-state index in [4.69, 9.17) is 11.6 Å². The van der Waals surface area contributed by atoms with Crippen LogP contribution in [0.25, 0.3) is 0 Å². The van der Waals surface area contributed by atoms with Crippen molar-refractivity contribution in [1.29, 1.82) is 0 Å². The highest BCUT2D eigenvalue weighted by atomic mass is 35.5. The second-order valence-corrected chi connectivity index (χ2v) is 6.77. The summed E-state index contributed by atoms with van der Waals surface area (Å²) in [6.07, 6.45) is -2.77. The smallest absolute Gasteiger partial charge is 0.212 e. The highest BCUT2D eigenvalue weighted by Crippen LogP contribution is 2.37. The molecule has 0 saturated heterocycles. The molecule has 0 amide bonds. The summed E-state index contributed by atoms with van der Waals surface area (Å²) in [5.41, 5.74) is 0. The lowest BCUT2D eigenvalue weighted by atomic mass is 9.85. The van der Waals surface area contributed by atoms with Crippen LogP contribution >= 0.6 is 11.6 Å². The van der Waals surface area contributed by atoms with Gasteiger partial charge in [-0.15, -0.1) is 11.6 Å². The lowest BCUT2D eigenvalue weighted by Gasteiger charge is -2.33. The summed E-state index contributed by atoms with van der Waals surface area (Å²) in [6.45, 7) is 0. The van der Waals surface area contributed by atoms with Crippen LogP contribution < -0.4 is 4.72 Å². The van der Waals surface area contributed by atoms with E-state index < -0.39 is 28.2 Å². The van der Waals surface area contributed by atoms with Crippen molar-refractivity contribution in [1.82, 2.24) is 4.72 Å². The third-order valence-electron chi connectivity index (χ3n) is 3.06. The van der Waals surface area contributed by atoms with Crippen LogP contribution in [0.4, 0.5) is 13.2 Å². The van der Waals surface area contributed by atoms with Crippen LogP contribution in [0.2, 0.25) is 0 Å². The maximum atomic E-state index is 12.8. The Morgan fingerprint density at radius 1 is 1.22 bits per heavy atom. The number of rotatable bonds is 5. The molecule has 2 unspecified atom stereocenters. The lowest BCUT2D eigenvalue weighted by molar-refractivity contribution is -0.187. The molecule has 0 radical (unpaired) electrons. The maximum Gasteiger partial charge on any atom is 0.393 e. The zero-order valence-corrected chi connectivity index (χ0v) is 11.4. The first kappa shape index (κ1) is 16.0. The van der Waals surface area contributed by atoms with E-state index >= 15 is 0 Å². The van der Waals surface area contributed by atoms with E-state index in [0.29, 0.717) is 12.8 Å². The number of alkyl halides is 4. The van der Waals surface area contributed by atoms with Gasteiger partial charge in [0, 0.05) is 11.9 Å². The molecule has 108 valence electrons. The van der Waals surface area contributed by atoms with Crippen molar-refractivity contribution >= 4 is 21.6 Å².